The number of likely N-dealkylation sites (tertiary alicyclic amines) is 1. The molecule has 3 rings (SSSR count). The van der Waals surface area contributed by atoms with Gasteiger partial charge in [0.15, 0.2) is 0 Å². The van der Waals surface area contributed by atoms with Crippen LogP contribution in [0.25, 0.3) is 0 Å². The van der Waals surface area contributed by atoms with Crippen LogP contribution in [0.4, 0.5) is 5.69 Å². The third kappa shape index (κ3) is 2.95. The van der Waals surface area contributed by atoms with Gasteiger partial charge in [-0.1, -0.05) is 6.07 Å². The van der Waals surface area contributed by atoms with E-state index in [1.807, 2.05) is 11.4 Å². The van der Waals surface area contributed by atoms with Gasteiger partial charge in [-0.25, -0.2) is 0 Å². The fourth-order valence-electron chi connectivity index (χ4n) is 2.49. The molecule has 1 aliphatic rings. The molecule has 1 aliphatic heterocycles. The van der Waals surface area contributed by atoms with Gasteiger partial charge < -0.3 is 10.2 Å². The van der Waals surface area contributed by atoms with Gasteiger partial charge in [-0.15, -0.1) is 11.3 Å². The first-order chi connectivity index (χ1) is 10.3. The number of thiophene rings is 1. The lowest BCUT2D eigenvalue weighted by Crippen LogP contribution is -2.42. The van der Waals surface area contributed by atoms with Crippen LogP contribution in [0.1, 0.15) is 22.5 Å². The Bertz CT molecular complexity index is 628. The van der Waals surface area contributed by atoms with Crippen LogP contribution in [0.5, 0.6) is 0 Å². The topological polar surface area (TPSA) is 62.3 Å². The average molecular weight is 301 g/mol. The summed E-state index contributed by atoms with van der Waals surface area (Å²) >= 11 is 1.40. The molecule has 1 fully saturated rings. The van der Waals surface area contributed by atoms with Gasteiger partial charge >= 0.3 is 0 Å². The van der Waals surface area contributed by atoms with E-state index in [0.29, 0.717) is 23.5 Å². The first-order valence-corrected chi connectivity index (χ1v) is 7.69. The predicted molar refractivity (Wildman–Crippen MR) is 81.2 cm³/mol. The zero-order valence-corrected chi connectivity index (χ0v) is 12.2. The summed E-state index contributed by atoms with van der Waals surface area (Å²) in [6.07, 6.45) is 4.79. The molecule has 5 nitrogen and oxygen atoms in total. The van der Waals surface area contributed by atoms with Crippen LogP contribution in [0, 0.1) is 0 Å². The fraction of sp³-hybridized carbons (Fsp3) is 0.267. The van der Waals surface area contributed by atoms with E-state index < -0.39 is 6.04 Å². The van der Waals surface area contributed by atoms with Crippen molar-refractivity contribution in [1.29, 1.82) is 0 Å². The Kier molecular flexibility index (Phi) is 3.96. The van der Waals surface area contributed by atoms with Crippen molar-refractivity contribution in [3.8, 4) is 0 Å². The minimum absolute atomic E-state index is 0.0613. The normalized spacial score (nSPS) is 17.7. The van der Waals surface area contributed by atoms with E-state index in [9.17, 15) is 9.59 Å². The molecule has 1 atom stereocenters. The van der Waals surface area contributed by atoms with Gasteiger partial charge in [-0.05, 0) is 36.4 Å². The summed E-state index contributed by atoms with van der Waals surface area (Å²) in [6, 6.07) is 6.78. The molecule has 0 unspecified atom stereocenters. The molecule has 0 aromatic carbocycles. The van der Waals surface area contributed by atoms with E-state index in [1.54, 1.807) is 35.5 Å². The number of carbonyl (C=O) groups is 2. The largest absolute Gasteiger partial charge is 0.326 e. The summed E-state index contributed by atoms with van der Waals surface area (Å²) in [5.74, 6) is -0.209. The second kappa shape index (κ2) is 6.05. The number of rotatable bonds is 3. The van der Waals surface area contributed by atoms with Crippen LogP contribution in [-0.2, 0) is 4.79 Å². The van der Waals surface area contributed by atoms with E-state index in [1.165, 1.54) is 11.3 Å². The summed E-state index contributed by atoms with van der Waals surface area (Å²) in [5.41, 5.74) is 0.651. The molecule has 0 radical (unpaired) electrons. The van der Waals surface area contributed by atoms with Crippen molar-refractivity contribution in [2.45, 2.75) is 18.9 Å². The Morgan fingerprint density at radius 1 is 1.33 bits per heavy atom. The Balaban J connectivity index is 1.72. The van der Waals surface area contributed by atoms with Crippen molar-refractivity contribution in [2.24, 2.45) is 0 Å². The number of pyridine rings is 1. The summed E-state index contributed by atoms with van der Waals surface area (Å²) in [5, 5.41) is 4.69. The Morgan fingerprint density at radius 3 is 2.95 bits per heavy atom. The number of nitrogens with zero attached hydrogens (tertiary/aromatic N) is 2. The maximum absolute atomic E-state index is 12.4. The van der Waals surface area contributed by atoms with Crippen LogP contribution in [0.15, 0.2) is 42.0 Å². The van der Waals surface area contributed by atoms with Crippen LogP contribution in [0.2, 0.25) is 0 Å². The Labute approximate surface area is 126 Å². The van der Waals surface area contributed by atoms with Gasteiger partial charge in [0.2, 0.25) is 5.91 Å². The molecule has 3 heterocycles. The Morgan fingerprint density at radius 2 is 2.24 bits per heavy atom. The molecular weight excluding hydrogens is 286 g/mol. The highest BCUT2D eigenvalue weighted by atomic mass is 32.1. The van der Waals surface area contributed by atoms with Crippen molar-refractivity contribution in [3.63, 3.8) is 0 Å². The van der Waals surface area contributed by atoms with Gasteiger partial charge in [-0.2, -0.15) is 0 Å². The monoisotopic (exact) mass is 301 g/mol. The van der Waals surface area contributed by atoms with Crippen molar-refractivity contribution in [3.05, 3.63) is 46.9 Å². The van der Waals surface area contributed by atoms with Crippen molar-refractivity contribution in [2.75, 3.05) is 11.9 Å². The lowest BCUT2D eigenvalue weighted by molar-refractivity contribution is -0.119. The maximum atomic E-state index is 12.4. The molecule has 0 spiro atoms. The lowest BCUT2D eigenvalue weighted by atomic mass is 10.2. The highest BCUT2D eigenvalue weighted by molar-refractivity contribution is 7.12. The minimum atomic E-state index is -0.403. The third-order valence-electron chi connectivity index (χ3n) is 3.48. The molecule has 21 heavy (non-hydrogen) atoms. The van der Waals surface area contributed by atoms with Crippen molar-refractivity contribution < 1.29 is 9.59 Å². The molecule has 2 aromatic rings. The van der Waals surface area contributed by atoms with Gasteiger partial charge in [0.1, 0.15) is 6.04 Å². The predicted octanol–water partition coefficient (Wildman–Crippen LogP) is 2.39. The van der Waals surface area contributed by atoms with Gasteiger partial charge in [0.05, 0.1) is 16.8 Å². The lowest BCUT2D eigenvalue weighted by Gasteiger charge is -2.23. The number of hydrogen-bond acceptors (Lipinski definition) is 4. The molecule has 0 saturated carbocycles. The van der Waals surface area contributed by atoms with Gasteiger partial charge in [0, 0.05) is 12.7 Å². The SMILES string of the molecule is O=C(Nc1cccnc1)[C@H]1CCCN1C(=O)c1cccs1. The zero-order valence-electron chi connectivity index (χ0n) is 11.4. The average Bonchev–Trinajstić information content (AvgIpc) is 3.19. The second-order valence-electron chi connectivity index (χ2n) is 4.86. The standard InChI is InChI=1S/C15H15N3O2S/c19-14(17-11-4-1-7-16-10-11)12-5-2-8-18(12)15(20)13-6-3-9-21-13/h1,3-4,6-7,9-10,12H,2,5,8H2,(H,17,19)/t12-/m1/s1. The van der Waals surface area contributed by atoms with Crippen LogP contribution >= 0.6 is 11.3 Å². The summed E-state index contributed by atoms with van der Waals surface area (Å²) in [6.45, 7) is 0.627. The highest BCUT2D eigenvalue weighted by Gasteiger charge is 2.34. The molecule has 0 bridgehead atoms. The van der Waals surface area contributed by atoms with E-state index in [-0.39, 0.29) is 11.8 Å². The zero-order chi connectivity index (χ0) is 14.7. The third-order valence-corrected chi connectivity index (χ3v) is 4.34. The molecular formula is C15H15N3O2S. The number of carbonyl (C=O) groups excluding carboxylic acids is 2. The molecule has 1 saturated heterocycles. The maximum Gasteiger partial charge on any atom is 0.264 e. The van der Waals surface area contributed by atoms with Gasteiger partial charge in [0.25, 0.3) is 5.91 Å². The number of amides is 2. The summed E-state index contributed by atoms with van der Waals surface area (Å²) in [7, 11) is 0. The fourth-order valence-corrected chi connectivity index (χ4v) is 3.17. The van der Waals surface area contributed by atoms with Crippen LogP contribution < -0.4 is 5.32 Å². The van der Waals surface area contributed by atoms with Crippen molar-refractivity contribution >= 4 is 28.8 Å². The van der Waals surface area contributed by atoms with Gasteiger partial charge in [-0.3, -0.25) is 14.6 Å². The summed E-state index contributed by atoms with van der Waals surface area (Å²) < 4.78 is 0. The first-order valence-electron chi connectivity index (χ1n) is 6.81. The number of anilines is 1. The number of hydrogen-bond donors (Lipinski definition) is 1. The van der Waals surface area contributed by atoms with Crippen LogP contribution in [0.3, 0.4) is 0 Å². The molecule has 0 aliphatic carbocycles. The smallest absolute Gasteiger partial charge is 0.264 e. The molecule has 1 N–H and O–H groups in total. The minimum Gasteiger partial charge on any atom is -0.326 e. The van der Waals surface area contributed by atoms with E-state index in [0.717, 1.165) is 6.42 Å². The van der Waals surface area contributed by atoms with Crippen molar-refractivity contribution in [1.82, 2.24) is 9.88 Å². The van der Waals surface area contributed by atoms with Crippen LogP contribution in [-0.4, -0.2) is 34.3 Å². The molecule has 6 heteroatoms. The van der Waals surface area contributed by atoms with E-state index in [2.05, 4.69) is 10.3 Å². The molecule has 2 amide bonds. The second-order valence-corrected chi connectivity index (χ2v) is 5.81. The number of aromatic nitrogens is 1. The number of nitrogens with one attached hydrogen (secondary N) is 1. The van der Waals surface area contributed by atoms with E-state index in [4.69, 9.17) is 0 Å². The molecule has 108 valence electrons. The quantitative estimate of drug-likeness (QED) is 0.947. The molecule has 2 aromatic heterocycles. The van der Waals surface area contributed by atoms with E-state index >= 15 is 0 Å². The summed E-state index contributed by atoms with van der Waals surface area (Å²) in [4.78, 5) is 31.1. The first kappa shape index (κ1) is 13.8. The Hall–Kier alpha value is -2.21. The highest BCUT2D eigenvalue weighted by Crippen LogP contribution is 2.23.